The van der Waals surface area contributed by atoms with E-state index in [4.69, 9.17) is 16.7 Å². The van der Waals surface area contributed by atoms with Crippen LogP contribution in [0.15, 0.2) is 46.3 Å². The Bertz CT molecular complexity index is 1620. The highest BCUT2D eigenvalue weighted by Gasteiger charge is 2.32. The molecule has 0 fully saturated rings. The highest BCUT2D eigenvalue weighted by atomic mass is 35.5. The Labute approximate surface area is 219 Å². The number of halogens is 1. The highest BCUT2D eigenvalue weighted by molar-refractivity contribution is 8.04. The summed E-state index contributed by atoms with van der Waals surface area (Å²) >= 11 is 8.47. The SMILES string of the molecule is CN(CC(=O)O)c1ccc2sc(C=C3Sc4ccc(Cl)cc4N3CS(=O)(=O)O)[n+](CS(=O)(=O)O)c2c1. The maximum Gasteiger partial charge on any atom is 0.326 e. The molecule has 2 heterocycles. The van der Waals surface area contributed by atoms with Gasteiger partial charge in [0.05, 0.1) is 16.8 Å². The standard InChI is InChI=1S/C20H18ClN3O8S4/c1-22(9-20(25)26)13-3-5-17-15(7-13)24(11-36(30,31)32)19(34-17)8-18-23(10-35(27,28)29)14-6-12(21)2-4-16(14)33-18/h2-8H,9-11H2,1H3,(H2-,25,26,27,28,29,30,31,32)/p+1. The smallest absolute Gasteiger partial charge is 0.326 e. The van der Waals surface area contributed by atoms with Gasteiger partial charge in [0, 0.05) is 28.7 Å². The number of hydrogen-bond donors (Lipinski definition) is 3. The third-order valence-electron chi connectivity index (χ3n) is 5.05. The Morgan fingerprint density at radius 2 is 1.86 bits per heavy atom. The highest BCUT2D eigenvalue weighted by Crippen LogP contribution is 2.48. The number of carbonyl (C=O) groups is 1. The summed E-state index contributed by atoms with van der Waals surface area (Å²) in [6.07, 6.45) is 1.56. The second-order valence-electron chi connectivity index (χ2n) is 7.82. The summed E-state index contributed by atoms with van der Waals surface area (Å²) in [6, 6.07) is 9.87. The molecule has 36 heavy (non-hydrogen) atoms. The summed E-state index contributed by atoms with van der Waals surface area (Å²) in [5, 5.41) is 10.2. The molecule has 0 saturated heterocycles. The minimum absolute atomic E-state index is 0.285. The van der Waals surface area contributed by atoms with Crippen LogP contribution < -0.4 is 14.4 Å². The molecular formula is C20H19ClN3O8S4+. The van der Waals surface area contributed by atoms with E-state index >= 15 is 0 Å². The molecule has 11 nitrogen and oxygen atoms in total. The van der Waals surface area contributed by atoms with E-state index < -0.39 is 38.0 Å². The van der Waals surface area contributed by atoms with E-state index in [1.54, 1.807) is 49.5 Å². The van der Waals surface area contributed by atoms with Gasteiger partial charge in [-0.2, -0.15) is 21.4 Å². The Kier molecular flexibility index (Phi) is 7.27. The largest absolute Gasteiger partial charge is 0.480 e. The first kappa shape index (κ1) is 26.7. The molecule has 1 aliphatic rings. The number of likely N-dealkylation sites (N-methyl/N-ethyl adjacent to an activating group) is 1. The molecule has 1 aromatic heterocycles. The third-order valence-corrected chi connectivity index (χ3v) is 8.68. The zero-order valence-electron chi connectivity index (χ0n) is 18.4. The molecule has 0 unspecified atom stereocenters. The lowest BCUT2D eigenvalue weighted by Crippen LogP contribution is -2.39. The zero-order chi connectivity index (χ0) is 26.4. The number of benzene rings is 2. The van der Waals surface area contributed by atoms with E-state index in [-0.39, 0.29) is 6.54 Å². The first-order valence-electron chi connectivity index (χ1n) is 9.96. The van der Waals surface area contributed by atoms with Crippen LogP contribution in [0.3, 0.4) is 0 Å². The molecule has 3 N–H and O–H groups in total. The summed E-state index contributed by atoms with van der Waals surface area (Å²) < 4.78 is 68.3. The lowest BCUT2D eigenvalue weighted by atomic mass is 10.2. The number of fused-ring (bicyclic) bond motifs is 2. The van der Waals surface area contributed by atoms with Crippen LogP contribution in [0.2, 0.25) is 5.02 Å². The van der Waals surface area contributed by atoms with Gasteiger partial charge in [-0.25, -0.2) is 0 Å². The molecule has 1 aliphatic heterocycles. The molecule has 0 spiro atoms. The van der Waals surface area contributed by atoms with Gasteiger partial charge in [0.15, 0.2) is 5.88 Å². The number of anilines is 2. The van der Waals surface area contributed by atoms with Gasteiger partial charge in [0.2, 0.25) is 5.52 Å². The molecule has 0 radical (unpaired) electrons. The Morgan fingerprint density at radius 3 is 2.50 bits per heavy atom. The minimum Gasteiger partial charge on any atom is -0.480 e. The van der Waals surface area contributed by atoms with E-state index in [0.29, 0.717) is 41.5 Å². The van der Waals surface area contributed by atoms with Crippen LogP contribution in [-0.2, 0) is 30.9 Å². The molecule has 192 valence electrons. The molecular weight excluding hydrogens is 574 g/mol. The van der Waals surface area contributed by atoms with Gasteiger partial charge in [0.25, 0.3) is 21.0 Å². The van der Waals surface area contributed by atoms with E-state index in [1.165, 1.54) is 37.5 Å². The van der Waals surface area contributed by atoms with Crippen molar-refractivity contribution in [3.05, 3.63) is 51.5 Å². The second-order valence-corrected chi connectivity index (χ2v) is 13.2. The van der Waals surface area contributed by atoms with Gasteiger partial charge in [-0.3, -0.25) is 13.9 Å². The second kappa shape index (κ2) is 9.81. The number of aliphatic carboxylic acids is 1. The van der Waals surface area contributed by atoms with E-state index in [0.717, 1.165) is 0 Å². The number of thioether (sulfide) groups is 1. The van der Waals surface area contributed by atoms with Crippen LogP contribution in [0.1, 0.15) is 5.01 Å². The topological polar surface area (TPSA) is 156 Å². The lowest BCUT2D eigenvalue weighted by molar-refractivity contribution is -0.649. The molecule has 16 heteroatoms. The maximum atomic E-state index is 11.9. The minimum atomic E-state index is -4.49. The number of carboxylic acids is 1. The number of thiazole rings is 1. The fourth-order valence-corrected chi connectivity index (χ4v) is 7.38. The normalized spacial score (nSPS) is 15.0. The van der Waals surface area contributed by atoms with Crippen LogP contribution >= 0.6 is 34.7 Å². The van der Waals surface area contributed by atoms with Crippen LogP contribution in [0, 0.1) is 0 Å². The van der Waals surface area contributed by atoms with Crippen molar-refractivity contribution in [1.82, 2.24) is 0 Å². The van der Waals surface area contributed by atoms with Crippen molar-refractivity contribution in [2.75, 3.05) is 29.3 Å². The Morgan fingerprint density at radius 1 is 1.14 bits per heavy atom. The first-order valence-corrected chi connectivity index (χ1v) is 15.2. The van der Waals surface area contributed by atoms with Gasteiger partial charge in [0.1, 0.15) is 11.2 Å². The van der Waals surface area contributed by atoms with Gasteiger partial charge >= 0.3 is 16.1 Å². The summed E-state index contributed by atoms with van der Waals surface area (Å²) in [7, 11) is -7.36. The average molecular weight is 593 g/mol. The van der Waals surface area contributed by atoms with E-state index in [9.17, 15) is 30.7 Å². The lowest BCUT2D eigenvalue weighted by Gasteiger charge is -2.18. The molecule has 2 aromatic carbocycles. The first-order chi connectivity index (χ1) is 16.7. The molecule has 0 amide bonds. The van der Waals surface area contributed by atoms with Crippen molar-refractivity contribution in [2.45, 2.75) is 10.8 Å². The fraction of sp³-hybridized carbons (Fsp3) is 0.200. The average Bonchev–Trinajstić information content (AvgIpc) is 3.23. The number of aromatic nitrogens is 1. The number of rotatable bonds is 8. The molecule has 0 saturated carbocycles. The Balaban J connectivity index is 1.87. The van der Waals surface area contributed by atoms with Crippen LogP contribution in [0.4, 0.5) is 11.4 Å². The van der Waals surface area contributed by atoms with Crippen molar-refractivity contribution < 1.29 is 40.4 Å². The number of carboxylic acid groups (broad SMARTS) is 1. The van der Waals surface area contributed by atoms with Crippen molar-refractivity contribution in [3.8, 4) is 0 Å². The zero-order valence-corrected chi connectivity index (χ0v) is 22.4. The van der Waals surface area contributed by atoms with Gasteiger partial charge in [-0.1, -0.05) is 34.7 Å². The van der Waals surface area contributed by atoms with Crippen molar-refractivity contribution >= 4 is 88.6 Å². The quantitative estimate of drug-likeness (QED) is 0.261. The number of hydrogen-bond acceptors (Lipinski definition) is 9. The maximum absolute atomic E-state index is 11.9. The van der Waals surface area contributed by atoms with Crippen molar-refractivity contribution in [3.63, 3.8) is 0 Å². The van der Waals surface area contributed by atoms with E-state index in [1.807, 2.05) is 0 Å². The molecule has 4 rings (SSSR count). The third kappa shape index (κ3) is 6.11. The predicted octanol–water partition coefficient (Wildman–Crippen LogP) is 2.96. The summed E-state index contributed by atoms with van der Waals surface area (Å²) in [4.78, 5) is 14.6. The van der Waals surface area contributed by atoms with E-state index in [2.05, 4.69) is 0 Å². The number of nitrogens with zero attached hydrogens (tertiary/aromatic N) is 3. The van der Waals surface area contributed by atoms with Crippen LogP contribution in [0.5, 0.6) is 0 Å². The molecule has 0 atom stereocenters. The van der Waals surface area contributed by atoms with Gasteiger partial charge in [-0.05, 0) is 30.3 Å². The summed E-state index contributed by atoms with van der Waals surface area (Å²) in [5.41, 5.74) is 1.39. The fourth-order valence-electron chi connectivity index (χ4n) is 3.61. The van der Waals surface area contributed by atoms with Crippen LogP contribution in [-0.4, -0.2) is 56.5 Å². The Hall–Kier alpha value is -2.40. The van der Waals surface area contributed by atoms with Gasteiger partial charge in [-0.15, -0.1) is 0 Å². The predicted molar refractivity (Wildman–Crippen MR) is 139 cm³/mol. The molecule has 0 bridgehead atoms. The van der Waals surface area contributed by atoms with Crippen molar-refractivity contribution in [1.29, 1.82) is 0 Å². The molecule has 3 aromatic rings. The van der Waals surface area contributed by atoms with Gasteiger partial charge < -0.3 is 14.9 Å². The molecule has 0 aliphatic carbocycles. The summed E-state index contributed by atoms with van der Waals surface area (Å²) in [5.74, 6) is -2.59. The van der Waals surface area contributed by atoms with Crippen molar-refractivity contribution in [2.24, 2.45) is 0 Å². The van der Waals surface area contributed by atoms with Crippen LogP contribution in [0.25, 0.3) is 16.3 Å². The monoisotopic (exact) mass is 592 g/mol. The summed E-state index contributed by atoms with van der Waals surface area (Å²) in [6.45, 7) is -0.285.